The normalized spacial score (nSPS) is 11.5. The fourth-order valence-electron chi connectivity index (χ4n) is 2.43. The second-order valence-corrected chi connectivity index (χ2v) is 8.74. The highest BCUT2D eigenvalue weighted by Crippen LogP contribution is 2.18. The predicted octanol–water partition coefficient (Wildman–Crippen LogP) is 1.58. The number of sulfonamides is 1. The van der Waals surface area contributed by atoms with Gasteiger partial charge in [0.2, 0.25) is 21.8 Å². The quantitative estimate of drug-likeness (QED) is 0.673. The first kappa shape index (κ1) is 22.5. The molecule has 156 valence electrons. The van der Waals surface area contributed by atoms with Gasteiger partial charge in [0.25, 0.3) is 0 Å². The van der Waals surface area contributed by atoms with Crippen molar-refractivity contribution in [2.24, 2.45) is 0 Å². The molecule has 0 unspecified atom stereocenters. The topological polar surface area (TPSA) is 98.8 Å². The van der Waals surface area contributed by atoms with Gasteiger partial charge in [-0.2, -0.15) is 0 Å². The molecule has 8 nitrogen and oxygen atoms in total. The summed E-state index contributed by atoms with van der Waals surface area (Å²) < 4.78 is 38.3. The average molecular weight is 422 g/mol. The average Bonchev–Trinajstić information content (AvgIpc) is 2.63. The van der Waals surface area contributed by atoms with Crippen molar-refractivity contribution in [3.05, 3.63) is 54.3 Å². The Kier molecular flexibility index (Phi) is 7.43. The Balaban J connectivity index is 1.90. The Morgan fingerprint density at radius 1 is 0.897 bits per heavy atom. The van der Waals surface area contributed by atoms with Gasteiger partial charge < -0.3 is 10.6 Å². The predicted molar refractivity (Wildman–Crippen MR) is 108 cm³/mol. The zero-order valence-corrected chi connectivity index (χ0v) is 17.2. The molecule has 0 atom stereocenters. The van der Waals surface area contributed by atoms with Crippen LogP contribution in [0.15, 0.2) is 53.4 Å². The minimum Gasteiger partial charge on any atom is -0.325 e. The van der Waals surface area contributed by atoms with E-state index in [-0.39, 0.29) is 23.9 Å². The highest BCUT2D eigenvalue weighted by molar-refractivity contribution is 7.89. The van der Waals surface area contributed by atoms with Crippen LogP contribution in [-0.2, 0) is 19.6 Å². The molecule has 0 fully saturated rings. The van der Waals surface area contributed by atoms with Crippen molar-refractivity contribution in [1.29, 1.82) is 0 Å². The van der Waals surface area contributed by atoms with E-state index in [2.05, 4.69) is 10.6 Å². The first-order chi connectivity index (χ1) is 13.6. The van der Waals surface area contributed by atoms with Crippen molar-refractivity contribution >= 4 is 33.2 Å². The number of amides is 2. The van der Waals surface area contributed by atoms with E-state index in [0.717, 1.165) is 4.31 Å². The Morgan fingerprint density at radius 3 is 2.00 bits per heavy atom. The molecule has 10 heteroatoms. The van der Waals surface area contributed by atoms with Gasteiger partial charge in [0.1, 0.15) is 5.82 Å². The molecule has 0 saturated heterocycles. The highest BCUT2D eigenvalue weighted by Gasteiger charge is 2.18. The summed E-state index contributed by atoms with van der Waals surface area (Å²) in [6.07, 6.45) is 0. The van der Waals surface area contributed by atoms with Crippen LogP contribution in [0.3, 0.4) is 0 Å². The Morgan fingerprint density at radius 2 is 1.45 bits per heavy atom. The second kappa shape index (κ2) is 9.59. The number of hydrogen-bond acceptors (Lipinski definition) is 5. The number of nitrogens with zero attached hydrogens (tertiary/aromatic N) is 2. The summed E-state index contributed by atoms with van der Waals surface area (Å²) in [6, 6.07) is 11.3. The molecule has 0 aliphatic heterocycles. The molecule has 0 spiro atoms. The van der Waals surface area contributed by atoms with Crippen molar-refractivity contribution in [1.82, 2.24) is 9.21 Å². The maximum Gasteiger partial charge on any atom is 0.242 e. The third-order valence-corrected chi connectivity index (χ3v) is 5.66. The molecule has 2 N–H and O–H groups in total. The summed E-state index contributed by atoms with van der Waals surface area (Å²) in [4.78, 5) is 25.8. The van der Waals surface area contributed by atoms with Crippen molar-refractivity contribution < 1.29 is 22.4 Å². The van der Waals surface area contributed by atoms with Crippen molar-refractivity contribution in [2.75, 3.05) is 44.9 Å². The van der Waals surface area contributed by atoms with Crippen molar-refractivity contribution in [3.63, 3.8) is 0 Å². The van der Waals surface area contributed by atoms with Crippen LogP contribution in [-0.4, -0.2) is 63.7 Å². The number of halogens is 1. The molecule has 2 aromatic carbocycles. The lowest BCUT2D eigenvalue weighted by Gasteiger charge is -2.16. The lowest BCUT2D eigenvalue weighted by molar-refractivity contribution is -0.119. The van der Waals surface area contributed by atoms with E-state index in [1.165, 1.54) is 61.5 Å². The maximum absolute atomic E-state index is 12.9. The van der Waals surface area contributed by atoms with Crippen LogP contribution in [0, 0.1) is 5.82 Å². The zero-order valence-electron chi connectivity index (χ0n) is 16.3. The van der Waals surface area contributed by atoms with Gasteiger partial charge in [-0.1, -0.05) is 6.07 Å². The zero-order chi connectivity index (χ0) is 21.6. The highest BCUT2D eigenvalue weighted by atomic mass is 32.2. The summed E-state index contributed by atoms with van der Waals surface area (Å²) in [5.74, 6) is -1.16. The first-order valence-electron chi connectivity index (χ1n) is 8.64. The summed E-state index contributed by atoms with van der Waals surface area (Å²) >= 11 is 0. The standard InChI is InChI=1S/C19H23FN4O4S/c1-23(2)29(27,28)17-6-4-5-16(11-17)22-19(26)13-24(3)12-18(25)21-15-9-7-14(20)8-10-15/h4-11H,12-13H2,1-3H3,(H,21,25)(H,22,26). The fraction of sp³-hybridized carbons (Fsp3) is 0.263. The van der Waals surface area contributed by atoms with Gasteiger partial charge >= 0.3 is 0 Å². The largest absolute Gasteiger partial charge is 0.325 e. The van der Waals surface area contributed by atoms with Gasteiger partial charge in [-0.25, -0.2) is 17.1 Å². The smallest absolute Gasteiger partial charge is 0.242 e. The molecular formula is C19H23FN4O4S. The van der Waals surface area contributed by atoms with E-state index in [9.17, 15) is 22.4 Å². The van der Waals surface area contributed by atoms with E-state index in [4.69, 9.17) is 0 Å². The fourth-order valence-corrected chi connectivity index (χ4v) is 3.37. The number of benzene rings is 2. The molecule has 0 aromatic heterocycles. The minimum atomic E-state index is -3.61. The molecule has 0 heterocycles. The molecule has 2 amide bonds. The number of likely N-dealkylation sites (N-methyl/N-ethyl adjacent to an activating group) is 1. The second-order valence-electron chi connectivity index (χ2n) is 6.59. The van der Waals surface area contributed by atoms with Crippen LogP contribution in [0.4, 0.5) is 15.8 Å². The van der Waals surface area contributed by atoms with Gasteiger partial charge in [-0.05, 0) is 49.5 Å². The third kappa shape index (κ3) is 6.63. The van der Waals surface area contributed by atoms with E-state index in [1.807, 2.05) is 0 Å². The monoisotopic (exact) mass is 422 g/mol. The molecule has 0 aliphatic rings. The number of hydrogen-bond donors (Lipinski definition) is 2. The van der Waals surface area contributed by atoms with Crippen LogP contribution >= 0.6 is 0 Å². The number of carbonyl (C=O) groups excluding carboxylic acids is 2. The van der Waals surface area contributed by atoms with Crippen LogP contribution < -0.4 is 10.6 Å². The van der Waals surface area contributed by atoms with E-state index in [1.54, 1.807) is 13.1 Å². The summed E-state index contributed by atoms with van der Waals surface area (Å²) in [7, 11) is 0.829. The summed E-state index contributed by atoms with van der Waals surface area (Å²) in [6.45, 7) is -0.138. The molecular weight excluding hydrogens is 399 g/mol. The van der Waals surface area contributed by atoms with Crippen molar-refractivity contribution in [2.45, 2.75) is 4.90 Å². The Bertz CT molecular complexity index is 978. The van der Waals surface area contributed by atoms with Gasteiger partial charge in [-0.15, -0.1) is 0 Å². The first-order valence-corrected chi connectivity index (χ1v) is 10.1. The van der Waals surface area contributed by atoms with Crippen LogP contribution in [0.25, 0.3) is 0 Å². The van der Waals surface area contributed by atoms with Crippen LogP contribution in [0.1, 0.15) is 0 Å². The molecule has 0 aliphatic carbocycles. The van der Waals surface area contributed by atoms with Gasteiger partial charge in [0, 0.05) is 25.5 Å². The lowest BCUT2D eigenvalue weighted by Crippen LogP contribution is -2.36. The third-order valence-electron chi connectivity index (χ3n) is 3.85. The van der Waals surface area contributed by atoms with Gasteiger partial charge in [0.05, 0.1) is 18.0 Å². The number of anilines is 2. The SMILES string of the molecule is CN(CC(=O)Nc1ccc(F)cc1)CC(=O)Nc1cccc(S(=O)(=O)N(C)C)c1. The van der Waals surface area contributed by atoms with Gasteiger partial charge in [-0.3, -0.25) is 14.5 Å². The Labute approximate surface area is 169 Å². The maximum atomic E-state index is 12.9. The number of rotatable bonds is 8. The Hall–Kier alpha value is -2.82. The van der Waals surface area contributed by atoms with Gasteiger partial charge in [0.15, 0.2) is 0 Å². The lowest BCUT2D eigenvalue weighted by atomic mass is 10.3. The van der Waals surface area contributed by atoms with Crippen LogP contribution in [0.5, 0.6) is 0 Å². The van der Waals surface area contributed by atoms with Crippen LogP contribution in [0.2, 0.25) is 0 Å². The molecule has 0 bridgehead atoms. The van der Waals surface area contributed by atoms with E-state index in [0.29, 0.717) is 11.4 Å². The van der Waals surface area contributed by atoms with Crippen molar-refractivity contribution in [3.8, 4) is 0 Å². The van der Waals surface area contributed by atoms with E-state index < -0.39 is 21.7 Å². The number of nitrogens with one attached hydrogen (secondary N) is 2. The molecule has 2 rings (SSSR count). The molecule has 0 saturated carbocycles. The summed E-state index contributed by atoms with van der Waals surface area (Å²) in [5, 5.41) is 5.22. The minimum absolute atomic E-state index is 0.0557. The molecule has 2 aromatic rings. The number of carbonyl (C=O) groups is 2. The summed E-state index contributed by atoms with van der Waals surface area (Å²) in [5.41, 5.74) is 0.787. The van der Waals surface area contributed by atoms with E-state index >= 15 is 0 Å². The molecule has 0 radical (unpaired) electrons. The molecule has 29 heavy (non-hydrogen) atoms.